The van der Waals surface area contributed by atoms with E-state index in [4.69, 9.17) is 21.1 Å². The molecule has 0 saturated heterocycles. The van der Waals surface area contributed by atoms with Gasteiger partial charge in [-0.1, -0.05) is 0 Å². The summed E-state index contributed by atoms with van der Waals surface area (Å²) in [6.07, 6.45) is -0.677. The fourth-order valence-electron chi connectivity index (χ4n) is 2.13. The van der Waals surface area contributed by atoms with E-state index in [0.29, 0.717) is 22.9 Å². The van der Waals surface area contributed by atoms with Crippen LogP contribution in [0.15, 0.2) is 47.4 Å². The standard InChI is InChI=1S/C17H21ClN2O5S/c1-24-14-5-8-16(17(9-14)25-2)20-26(22,23)15-6-3-12(4-7-15)19-11-13(21)10-18/h3-9,13,19-21H,10-11H2,1-2H3. The number of halogens is 1. The van der Waals surface area contributed by atoms with E-state index in [1.54, 1.807) is 30.3 Å². The zero-order valence-corrected chi connectivity index (χ0v) is 16.0. The third kappa shape index (κ3) is 5.17. The Morgan fingerprint density at radius 2 is 1.81 bits per heavy atom. The topological polar surface area (TPSA) is 96.9 Å². The highest BCUT2D eigenvalue weighted by Gasteiger charge is 2.17. The smallest absolute Gasteiger partial charge is 0.262 e. The van der Waals surface area contributed by atoms with Crippen molar-refractivity contribution in [3.8, 4) is 11.5 Å². The van der Waals surface area contributed by atoms with Gasteiger partial charge in [0.2, 0.25) is 0 Å². The molecule has 0 heterocycles. The van der Waals surface area contributed by atoms with Crippen molar-refractivity contribution in [2.45, 2.75) is 11.0 Å². The summed E-state index contributed by atoms with van der Waals surface area (Å²) in [4.78, 5) is 0.0961. The predicted molar refractivity (Wildman–Crippen MR) is 102 cm³/mol. The van der Waals surface area contributed by atoms with Crippen LogP contribution >= 0.6 is 11.6 Å². The molecule has 0 amide bonds. The van der Waals surface area contributed by atoms with Crippen molar-refractivity contribution in [2.75, 3.05) is 36.7 Å². The van der Waals surface area contributed by atoms with E-state index in [-0.39, 0.29) is 17.3 Å². The van der Waals surface area contributed by atoms with Crippen molar-refractivity contribution in [3.05, 3.63) is 42.5 Å². The molecule has 2 aromatic carbocycles. The fourth-order valence-corrected chi connectivity index (χ4v) is 3.31. The van der Waals surface area contributed by atoms with Gasteiger partial charge in [0.05, 0.1) is 36.8 Å². The molecule has 3 N–H and O–H groups in total. The third-order valence-electron chi connectivity index (χ3n) is 3.54. The molecule has 0 aromatic heterocycles. The largest absolute Gasteiger partial charge is 0.497 e. The van der Waals surface area contributed by atoms with Gasteiger partial charge in [0.1, 0.15) is 11.5 Å². The summed E-state index contributed by atoms with van der Waals surface area (Å²) in [5, 5.41) is 12.4. The molecule has 2 rings (SSSR count). The first-order valence-corrected chi connectivity index (χ1v) is 9.74. The van der Waals surface area contributed by atoms with Crippen LogP contribution in [0.25, 0.3) is 0 Å². The molecule has 26 heavy (non-hydrogen) atoms. The van der Waals surface area contributed by atoms with Gasteiger partial charge in [-0.25, -0.2) is 8.42 Å². The van der Waals surface area contributed by atoms with Gasteiger partial charge in [-0.3, -0.25) is 4.72 Å². The van der Waals surface area contributed by atoms with Gasteiger partial charge in [0.25, 0.3) is 10.0 Å². The van der Waals surface area contributed by atoms with Crippen molar-refractivity contribution in [2.24, 2.45) is 0 Å². The van der Waals surface area contributed by atoms with Gasteiger partial charge in [0, 0.05) is 18.3 Å². The van der Waals surface area contributed by atoms with Gasteiger partial charge in [-0.15, -0.1) is 11.6 Å². The van der Waals surface area contributed by atoms with Crippen LogP contribution in [-0.2, 0) is 10.0 Å². The maximum atomic E-state index is 12.6. The molecule has 0 aliphatic rings. The molecule has 0 spiro atoms. The molecule has 1 atom stereocenters. The summed E-state index contributed by atoms with van der Waals surface area (Å²) < 4.78 is 37.9. The number of hydrogen-bond acceptors (Lipinski definition) is 6. The van der Waals surface area contributed by atoms with Gasteiger partial charge < -0.3 is 19.9 Å². The molecule has 2 aromatic rings. The van der Waals surface area contributed by atoms with Gasteiger partial charge in [-0.2, -0.15) is 0 Å². The number of ether oxygens (including phenoxy) is 2. The van der Waals surface area contributed by atoms with Crippen LogP contribution in [0.2, 0.25) is 0 Å². The van der Waals surface area contributed by atoms with Crippen molar-refractivity contribution in [3.63, 3.8) is 0 Å². The summed E-state index contributed by atoms with van der Waals surface area (Å²) in [6, 6.07) is 10.9. The summed E-state index contributed by atoms with van der Waals surface area (Å²) in [5.41, 5.74) is 0.982. The number of anilines is 2. The minimum atomic E-state index is -3.79. The summed E-state index contributed by atoms with van der Waals surface area (Å²) in [7, 11) is -0.826. The average Bonchev–Trinajstić information content (AvgIpc) is 2.66. The second-order valence-electron chi connectivity index (χ2n) is 5.39. The van der Waals surface area contributed by atoms with Crippen molar-refractivity contribution in [1.29, 1.82) is 0 Å². The highest BCUT2D eigenvalue weighted by atomic mass is 35.5. The molecule has 142 valence electrons. The lowest BCUT2D eigenvalue weighted by molar-refractivity contribution is 0.211. The summed E-state index contributed by atoms with van der Waals surface area (Å²) in [6.45, 7) is 0.275. The molecular formula is C17H21ClN2O5S. The SMILES string of the molecule is COc1ccc(NS(=O)(=O)c2ccc(NCC(O)CCl)cc2)c(OC)c1. The number of aliphatic hydroxyl groups is 1. The number of nitrogens with one attached hydrogen (secondary N) is 2. The Balaban J connectivity index is 2.15. The second kappa shape index (κ2) is 8.98. The minimum Gasteiger partial charge on any atom is -0.497 e. The second-order valence-corrected chi connectivity index (χ2v) is 7.38. The Morgan fingerprint density at radius 1 is 1.12 bits per heavy atom. The Bertz CT molecular complexity index is 828. The maximum Gasteiger partial charge on any atom is 0.262 e. The Morgan fingerprint density at radius 3 is 2.38 bits per heavy atom. The number of benzene rings is 2. The highest BCUT2D eigenvalue weighted by molar-refractivity contribution is 7.92. The predicted octanol–water partition coefficient (Wildman–Crippen LogP) is 2.52. The number of sulfonamides is 1. The van der Waals surface area contributed by atoms with E-state index in [1.807, 2.05) is 0 Å². The lowest BCUT2D eigenvalue weighted by atomic mass is 10.3. The van der Waals surface area contributed by atoms with Crippen LogP contribution < -0.4 is 19.5 Å². The molecule has 0 aliphatic heterocycles. The van der Waals surface area contributed by atoms with E-state index in [2.05, 4.69) is 10.0 Å². The molecular weight excluding hydrogens is 380 g/mol. The minimum absolute atomic E-state index is 0.0961. The van der Waals surface area contributed by atoms with Crippen molar-refractivity contribution >= 4 is 33.0 Å². The van der Waals surface area contributed by atoms with Crippen LogP contribution in [0.5, 0.6) is 11.5 Å². The van der Waals surface area contributed by atoms with E-state index in [0.717, 1.165) is 0 Å². The van der Waals surface area contributed by atoms with Gasteiger partial charge in [0.15, 0.2) is 0 Å². The maximum absolute atomic E-state index is 12.6. The van der Waals surface area contributed by atoms with Gasteiger partial charge in [-0.05, 0) is 36.4 Å². The first kappa shape index (κ1) is 20.2. The first-order valence-electron chi connectivity index (χ1n) is 7.72. The number of aliphatic hydroxyl groups excluding tert-OH is 1. The highest BCUT2D eigenvalue weighted by Crippen LogP contribution is 2.31. The van der Waals surface area contributed by atoms with Crippen molar-refractivity contribution in [1.82, 2.24) is 0 Å². The number of methoxy groups -OCH3 is 2. The molecule has 0 fully saturated rings. The summed E-state index contributed by atoms with van der Waals surface area (Å²) in [5.74, 6) is 1.02. The number of alkyl halides is 1. The first-order chi connectivity index (χ1) is 12.4. The van der Waals surface area contributed by atoms with Crippen LogP contribution in [0.1, 0.15) is 0 Å². The zero-order valence-electron chi connectivity index (χ0n) is 14.4. The van der Waals surface area contributed by atoms with Crippen LogP contribution in [0.3, 0.4) is 0 Å². The number of hydrogen-bond donors (Lipinski definition) is 3. The normalized spacial score (nSPS) is 12.3. The molecule has 0 radical (unpaired) electrons. The molecule has 1 unspecified atom stereocenters. The molecule has 0 bridgehead atoms. The lowest BCUT2D eigenvalue weighted by Crippen LogP contribution is -2.20. The van der Waals surface area contributed by atoms with Crippen LogP contribution in [0, 0.1) is 0 Å². The quantitative estimate of drug-likeness (QED) is 0.559. The Kier molecular flexibility index (Phi) is 6.96. The third-order valence-corrected chi connectivity index (χ3v) is 5.28. The molecule has 0 aliphatic carbocycles. The Labute approximate surface area is 157 Å². The van der Waals surface area contributed by atoms with E-state index >= 15 is 0 Å². The van der Waals surface area contributed by atoms with E-state index in [1.165, 1.54) is 26.4 Å². The lowest BCUT2D eigenvalue weighted by Gasteiger charge is -2.14. The molecule has 9 heteroatoms. The monoisotopic (exact) mass is 400 g/mol. The zero-order chi connectivity index (χ0) is 19.2. The molecule has 0 saturated carbocycles. The van der Waals surface area contributed by atoms with Crippen LogP contribution in [-0.4, -0.2) is 46.3 Å². The number of rotatable bonds is 9. The average molecular weight is 401 g/mol. The molecule has 7 nitrogen and oxygen atoms in total. The van der Waals surface area contributed by atoms with E-state index in [9.17, 15) is 13.5 Å². The van der Waals surface area contributed by atoms with Crippen molar-refractivity contribution < 1.29 is 23.0 Å². The van der Waals surface area contributed by atoms with E-state index < -0.39 is 16.1 Å². The summed E-state index contributed by atoms with van der Waals surface area (Å²) >= 11 is 5.53. The van der Waals surface area contributed by atoms with Crippen LogP contribution in [0.4, 0.5) is 11.4 Å². The Hall–Kier alpha value is -2.16. The van der Waals surface area contributed by atoms with Gasteiger partial charge >= 0.3 is 0 Å². The fraction of sp³-hybridized carbons (Fsp3) is 0.294.